The minimum atomic E-state index is -0.734. The lowest BCUT2D eigenvalue weighted by Gasteiger charge is -2.20. The van der Waals surface area contributed by atoms with Crippen molar-refractivity contribution in [1.82, 2.24) is 10.6 Å². The molecule has 4 nitrogen and oxygen atoms in total. The minimum absolute atomic E-state index is 0.139. The van der Waals surface area contributed by atoms with Crippen LogP contribution < -0.4 is 10.6 Å². The Morgan fingerprint density at radius 3 is 2.45 bits per heavy atom. The highest BCUT2D eigenvalue weighted by atomic mass is 32.2. The van der Waals surface area contributed by atoms with Crippen LogP contribution in [0, 0.1) is 11.6 Å². The number of benzene rings is 1. The third-order valence-corrected chi connectivity index (χ3v) is 3.04. The molecule has 0 aromatic heterocycles. The Kier molecular flexibility index (Phi) is 5.50. The fourth-order valence-corrected chi connectivity index (χ4v) is 1.99. The molecular weight excluding hydrogens is 286 g/mol. The molecule has 0 atom stereocenters. The van der Waals surface area contributed by atoms with Crippen molar-refractivity contribution < 1.29 is 18.4 Å². The highest BCUT2D eigenvalue weighted by Crippen LogP contribution is 2.21. The van der Waals surface area contributed by atoms with Crippen molar-refractivity contribution in [2.24, 2.45) is 0 Å². The molecule has 0 heterocycles. The monoisotopic (exact) mass is 302 g/mol. The maximum atomic E-state index is 13.3. The largest absolute Gasteiger partial charge is 0.333 e. The van der Waals surface area contributed by atoms with Gasteiger partial charge in [-0.25, -0.2) is 13.6 Å². The number of carbonyl (C=O) groups is 2. The number of imide groups is 1. The van der Waals surface area contributed by atoms with E-state index in [2.05, 4.69) is 10.6 Å². The van der Waals surface area contributed by atoms with E-state index >= 15 is 0 Å². The van der Waals surface area contributed by atoms with Crippen molar-refractivity contribution >= 4 is 23.7 Å². The van der Waals surface area contributed by atoms with Crippen LogP contribution in [0.25, 0.3) is 0 Å². The first kappa shape index (κ1) is 16.4. The predicted octanol–water partition coefficient (Wildman–Crippen LogP) is 2.68. The zero-order chi connectivity index (χ0) is 15.3. The highest BCUT2D eigenvalue weighted by Gasteiger charge is 2.16. The smallest absolute Gasteiger partial charge is 0.321 e. The molecule has 0 radical (unpaired) electrons. The Labute approximate surface area is 120 Å². The summed E-state index contributed by atoms with van der Waals surface area (Å²) in [4.78, 5) is 23.1. The van der Waals surface area contributed by atoms with Gasteiger partial charge in [0.05, 0.1) is 5.75 Å². The van der Waals surface area contributed by atoms with Gasteiger partial charge in [-0.15, -0.1) is 11.8 Å². The van der Waals surface area contributed by atoms with E-state index in [9.17, 15) is 18.4 Å². The maximum Gasteiger partial charge on any atom is 0.321 e. The lowest BCUT2D eigenvalue weighted by molar-refractivity contribution is -0.117. The van der Waals surface area contributed by atoms with Gasteiger partial charge >= 0.3 is 6.03 Å². The van der Waals surface area contributed by atoms with Crippen LogP contribution in [0.4, 0.5) is 13.6 Å². The minimum Gasteiger partial charge on any atom is -0.333 e. The molecule has 20 heavy (non-hydrogen) atoms. The summed E-state index contributed by atoms with van der Waals surface area (Å²) in [6.07, 6.45) is 0. The molecule has 1 aromatic carbocycles. The van der Waals surface area contributed by atoms with Gasteiger partial charge in [0.15, 0.2) is 0 Å². The quantitative estimate of drug-likeness (QED) is 0.844. The topological polar surface area (TPSA) is 58.2 Å². The molecule has 0 bridgehead atoms. The van der Waals surface area contributed by atoms with Crippen LogP contribution in [0.1, 0.15) is 20.8 Å². The van der Waals surface area contributed by atoms with Crippen LogP contribution in [0.2, 0.25) is 0 Å². The molecule has 0 aliphatic rings. The predicted molar refractivity (Wildman–Crippen MR) is 73.5 cm³/mol. The highest BCUT2D eigenvalue weighted by molar-refractivity contribution is 8.00. The fraction of sp³-hybridized carbons (Fsp3) is 0.385. The molecule has 0 aliphatic heterocycles. The van der Waals surface area contributed by atoms with Crippen LogP contribution in [-0.2, 0) is 4.79 Å². The Balaban J connectivity index is 2.46. The van der Waals surface area contributed by atoms with E-state index in [0.29, 0.717) is 0 Å². The fourth-order valence-electron chi connectivity index (χ4n) is 1.27. The third kappa shape index (κ3) is 6.01. The summed E-state index contributed by atoms with van der Waals surface area (Å²) in [5.74, 6) is -2.11. The van der Waals surface area contributed by atoms with E-state index in [1.807, 2.05) is 0 Å². The first-order valence-corrected chi connectivity index (χ1v) is 6.86. The summed E-state index contributed by atoms with van der Waals surface area (Å²) in [6, 6.07) is 2.49. The summed E-state index contributed by atoms with van der Waals surface area (Å²) >= 11 is 0.890. The molecule has 7 heteroatoms. The second-order valence-corrected chi connectivity index (χ2v) is 6.13. The van der Waals surface area contributed by atoms with E-state index in [0.717, 1.165) is 23.9 Å². The van der Waals surface area contributed by atoms with Crippen molar-refractivity contribution in [1.29, 1.82) is 0 Å². The lowest BCUT2D eigenvalue weighted by Crippen LogP contribution is -2.48. The van der Waals surface area contributed by atoms with Crippen molar-refractivity contribution in [3.05, 3.63) is 29.8 Å². The number of urea groups is 1. The Bertz CT molecular complexity index is 516. The van der Waals surface area contributed by atoms with Gasteiger partial charge in [0, 0.05) is 16.5 Å². The summed E-state index contributed by atoms with van der Waals surface area (Å²) in [5.41, 5.74) is -0.458. The molecule has 0 spiro atoms. The molecule has 1 rings (SSSR count). The van der Waals surface area contributed by atoms with Crippen LogP contribution in [-0.4, -0.2) is 23.2 Å². The van der Waals surface area contributed by atoms with Crippen molar-refractivity contribution in [2.45, 2.75) is 31.2 Å². The molecular formula is C13H16F2N2O2S. The van der Waals surface area contributed by atoms with E-state index in [-0.39, 0.29) is 10.6 Å². The van der Waals surface area contributed by atoms with E-state index in [1.54, 1.807) is 20.8 Å². The maximum absolute atomic E-state index is 13.3. The lowest BCUT2D eigenvalue weighted by atomic mass is 10.1. The number of carbonyl (C=O) groups excluding carboxylic acids is 2. The summed E-state index contributed by atoms with van der Waals surface area (Å²) < 4.78 is 26.0. The number of rotatable bonds is 3. The Morgan fingerprint density at radius 1 is 1.25 bits per heavy atom. The van der Waals surface area contributed by atoms with Gasteiger partial charge in [0.25, 0.3) is 0 Å². The molecule has 0 unspecified atom stereocenters. The number of nitrogens with one attached hydrogen (secondary N) is 2. The number of amides is 3. The SMILES string of the molecule is CC(C)(C)NC(=O)NC(=O)CSc1ccc(F)cc1F. The van der Waals surface area contributed by atoms with Gasteiger partial charge in [0.1, 0.15) is 11.6 Å². The normalized spacial score (nSPS) is 11.1. The summed E-state index contributed by atoms with van der Waals surface area (Å²) in [5, 5.41) is 4.69. The second-order valence-electron chi connectivity index (χ2n) is 5.12. The van der Waals surface area contributed by atoms with Crippen LogP contribution in [0.15, 0.2) is 23.1 Å². The van der Waals surface area contributed by atoms with Gasteiger partial charge in [0.2, 0.25) is 5.91 Å². The van der Waals surface area contributed by atoms with E-state index in [1.165, 1.54) is 6.07 Å². The second kappa shape index (κ2) is 6.69. The van der Waals surface area contributed by atoms with Gasteiger partial charge in [-0.1, -0.05) is 0 Å². The number of hydrogen-bond acceptors (Lipinski definition) is 3. The zero-order valence-corrected chi connectivity index (χ0v) is 12.2. The van der Waals surface area contributed by atoms with Crippen LogP contribution in [0.3, 0.4) is 0 Å². The van der Waals surface area contributed by atoms with Gasteiger partial charge in [-0.2, -0.15) is 0 Å². The van der Waals surface area contributed by atoms with Gasteiger partial charge < -0.3 is 5.32 Å². The van der Waals surface area contributed by atoms with Crippen molar-refractivity contribution in [3.63, 3.8) is 0 Å². The first-order valence-electron chi connectivity index (χ1n) is 5.87. The Morgan fingerprint density at radius 2 is 1.90 bits per heavy atom. The molecule has 0 saturated carbocycles. The molecule has 2 N–H and O–H groups in total. The standard InChI is InChI=1S/C13H16F2N2O2S/c1-13(2,3)17-12(19)16-11(18)7-20-10-5-4-8(14)6-9(10)15/h4-6H,7H2,1-3H3,(H2,16,17,18,19). The first-order chi connectivity index (χ1) is 9.17. The van der Waals surface area contributed by atoms with Gasteiger partial charge in [-0.3, -0.25) is 10.1 Å². The van der Waals surface area contributed by atoms with Crippen LogP contribution in [0.5, 0.6) is 0 Å². The Hall–Kier alpha value is -1.63. The van der Waals surface area contributed by atoms with E-state index in [4.69, 9.17) is 0 Å². The number of hydrogen-bond donors (Lipinski definition) is 2. The summed E-state index contributed by atoms with van der Waals surface area (Å²) in [6.45, 7) is 5.33. The molecule has 0 fully saturated rings. The molecule has 110 valence electrons. The average molecular weight is 302 g/mol. The van der Waals surface area contributed by atoms with Crippen molar-refractivity contribution in [2.75, 3.05) is 5.75 Å². The molecule has 3 amide bonds. The third-order valence-electron chi connectivity index (χ3n) is 1.99. The number of halogens is 2. The van der Waals surface area contributed by atoms with Crippen molar-refractivity contribution in [3.8, 4) is 0 Å². The van der Waals surface area contributed by atoms with Crippen LogP contribution >= 0.6 is 11.8 Å². The molecule has 0 saturated heterocycles. The molecule has 0 aliphatic carbocycles. The summed E-state index contributed by atoms with van der Waals surface area (Å²) in [7, 11) is 0. The number of thioether (sulfide) groups is 1. The van der Waals surface area contributed by atoms with E-state index < -0.39 is 29.1 Å². The van der Waals surface area contributed by atoms with Gasteiger partial charge in [-0.05, 0) is 32.9 Å². The zero-order valence-electron chi connectivity index (χ0n) is 11.4. The molecule has 1 aromatic rings. The average Bonchev–Trinajstić information content (AvgIpc) is 2.24.